The van der Waals surface area contributed by atoms with Crippen molar-refractivity contribution in [3.8, 4) is 11.5 Å². The number of ether oxygens (including phenoxy) is 2. The Morgan fingerprint density at radius 2 is 1.90 bits per heavy atom. The van der Waals surface area contributed by atoms with E-state index in [-0.39, 0.29) is 5.96 Å². The Hall–Kier alpha value is -4.02. The van der Waals surface area contributed by atoms with E-state index in [0.29, 0.717) is 17.1 Å². The van der Waals surface area contributed by atoms with Crippen LogP contribution in [0.25, 0.3) is 0 Å². The number of aliphatic imine (C=N–C) groups is 1. The van der Waals surface area contributed by atoms with Gasteiger partial charge in [0.05, 0.1) is 26.9 Å². The highest BCUT2D eigenvalue weighted by molar-refractivity contribution is 6.07. The molecular formula is C20H19F2N5O4. The van der Waals surface area contributed by atoms with E-state index >= 15 is 0 Å². The van der Waals surface area contributed by atoms with Gasteiger partial charge in [0.1, 0.15) is 23.4 Å². The van der Waals surface area contributed by atoms with E-state index in [1.165, 1.54) is 26.5 Å². The molecule has 0 radical (unpaired) electrons. The smallest absolute Gasteiger partial charge is 0.252 e. The maximum atomic E-state index is 13.6. The molecule has 0 saturated heterocycles. The van der Waals surface area contributed by atoms with Gasteiger partial charge in [0, 0.05) is 0 Å². The van der Waals surface area contributed by atoms with Crippen LogP contribution < -0.4 is 25.5 Å². The lowest BCUT2D eigenvalue weighted by molar-refractivity contribution is -0.123. The van der Waals surface area contributed by atoms with Crippen LogP contribution in [0, 0.1) is 11.6 Å². The van der Waals surface area contributed by atoms with Gasteiger partial charge >= 0.3 is 0 Å². The molecule has 0 spiro atoms. The summed E-state index contributed by atoms with van der Waals surface area (Å²) in [7, 11) is 3.04. The van der Waals surface area contributed by atoms with Gasteiger partial charge in [-0.1, -0.05) is 6.07 Å². The average molecular weight is 431 g/mol. The SMILES string of the molecule is COc1ccc(/C=N\NC2=N[C@@H](CC(=O)Nc3c(F)cccc3F)C(=O)N2)cc1OC. The minimum atomic E-state index is -1.06. The molecule has 3 rings (SSSR count). The van der Waals surface area contributed by atoms with Crippen molar-refractivity contribution in [1.29, 1.82) is 0 Å². The molecule has 0 unspecified atom stereocenters. The molecule has 1 atom stereocenters. The molecule has 0 aliphatic carbocycles. The number of guanidine groups is 1. The standard InChI is InChI=1S/C20H19F2N5O4/c1-30-15-7-6-11(8-16(15)31-2)10-23-27-20-24-14(19(29)26-20)9-17(28)25-18-12(21)4-3-5-13(18)22/h3-8,10,14H,9H2,1-2H3,(H,25,28)(H2,24,26,27,29)/b23-10-/t14-/m0/s1. The highest BCUT2D eigenvalue weighted by Crippen LogP contribution is 2.26. The predicted octanol–water partition coefficient (Wildman–Crippen LogP) is 1.79. The third-order valence-electron chi connectivity index (χ3n) is 4.23. The van der Waals surface area contributed by atoms with Crippen molar-refractivity contribution in [3.05, 3.63) is 53.6 Å². The number of hydrazone groups is 1. The average Bonchev–Trinajstić information content (AvgIpc) is 3.09. The largest absolute Gasteiger partial charge is 0.493 e. The van der Waals surface area contributed by atoms with Crippen molar-refractivity contribution in [1.82, 2.24) is 10.7 Å². The summed E-state index contributed by atoms with van der Waals surface area (Å²) in [4.78, 5) is 28.1. The molecule has 0 bridgehead atoms. The molecule has 0 saturated carbocycles. The van der Waals surface area contributed by atoms with Crippen molar-refractivity contribution in [3.63, 3.8) is 0 Å². The van der Waals surface area contributed by atoms with Gasteiger partial charge in [-0.15, -0.1) is 0 Å². The highest BCUT2D eigenvalue weighted by atomic mass is 19.1. The first-order chi connectivity index (χ1) is 14.9. The molecule has 1 aliphatic heterocycles. The number of anilines is 1. The van der Waals surface area contributed by atoms with Gasteiger partial charge in [-0.2, -0.15) is 5.10 Å². The summed E-state index contributed by atoms with van der Waals surface area (Å²) in [5.41, 5.74) is 2.68. The monoisotopic (exact) mass is 431 g/mol. The Morgan fingerprint density at radius 1 is 1.19 bits per heavy atom. The van der Waals surface area contributed by atoms with Crippen LogP contribution in [0.2, 0.25) is 0 Å². The molecule has 2 amide bonds. The predicted molar refractivity (Wildman–Crippen MR) is 109 cm³/mol. The molecule has 1 aliphatic rings. The Bertz CT molecular complexity index is 1040. The minimum Gasteiger partial charge on any atom is -0.493 e. The second-order valence-electron chi connectivity index (χ2n) is 6.32. The zero-order chi connectivity index (χ0) is 22.4. The zero-order valence-electron chi connectivity index (χ0n) is 16.6. The zero-order valence-corrected chi connectivity index (χ0v) is 16.6. The van der Waals surface area contributed by atoms with E-state index in [9.17, 15) is 18.4 Å². The van der Waals surface area contributed by atoms with Gasteiger partial charge in [-0.3, -0.25) is 14.9 Å². The van der Waals surface area contributed by atoms with Crippen molar-refractivity contribution >= 4 is 29.7 Å². The van der Waals surface area contributed by atoms with E-state index in [1.807, 2.05) is 0 Å². The Labute approximate surface area is 176 Å². The lowest BCUT2D eigenvalue weighted by Gasteiger charge is -2.08. The van der Waals surface area contributed by atoms with Crippen molar-refractivity contribution in [2.24, 2.45) is 10.1 Å². The Balaban J connectivity index is 1.59. The summed E-state index contributed by atoms with van der Waals surface area (Å²) in [6.45, 7) is 0. The van der Waals surface area contributed by atoms with Gasteiger partial charge in [-0.05, 0) is 35.9 Å². The van der Waals surface area contributed by atoms with Gasteiger partial charge in [0.2, 0.25) is 11.9 Å². The van der Waals surface area contributed by atoms with E-state index in [2.05, 4.69) is 26.2 Å². The van der Waals surface area contributed by atoms with Crippen molar-refractivity contribution < 1.29 is 27.8 Å². The molecule has 31 heavy (non-hydrogen) atoms. The third-order valence-corrected chi connectivity index (χ3v) is 4.23. The second kappa shape index (κ2) is 9.65. The van der Waals surface area contributed by atoms with Crippen LogP contribution in [0.15, 0.2) is 46.5 Å². The molecule has 3 N–H and O–H groups in total. The van der Waals surface area contributed by atoms with Crippen LogP contribution in [0.3, 0.4) is 0 Å². The number of carbonyl (C=O) groups excluding carboxylic acids is 2. The topological polar surface area (TPSA) is 113 Å². The number of halogens is 2. The number of hydrogen-bond acceptors (Lipinski definition) is 7. The number of nitrogens with zero attached hydrogens (tertiary/aromatic N) is 2. The number of hydrogen-bond donors (Lipinski definition) is 3. The number of benzene rings is 2. The van der Waals surface area contributed by atoms with Crippen molar-refractivity contribution in [2.45, 2.75) is 12.5 Å². The Kier molecular flexibility index (Phi) is 6.75. The fourth-order valence-corrected chi connectivity index (χ4v) is 2.73. The van der Waals surface area contributed by atoms with Crippen LogP contribution in [-0.4, -0.2) is 44.2 Å². The molecular weight excluding hydrogens is 412 g/mol. The maximum absolute atomic E-state index is 13.6. The number of carbonyl (C=O) groups is 2. The first-order valence-electron chi connectivity index (χ1n) is 9.05. The molecule has 9 nitrogen and oxygen atoms in total. The van der Waals surface area contributed by atoms with Crippen LogP contribution in [0.1, 0.15) is 12.0 Å². The number of nitrogens with one attached hydrogen (secondary N) is 3. The molecule has 2 aromatic carbocycles. The first kappa shape index (κ1) is 21.7. The third kappa shape index (κ3) is 5.32. The molecule has 162 valence electrons. The minimum absolute atomic E-state index is 0.0385. The maximum Gasteiger partial charge on any atom is 0.252 e. The summed E-state index contributed by atoms with van der Waals surface area (Å²) >= 11 is 0. The number of para-hydroxylation sites is 1. The molecule has 11 heteroatoms. The summed E-state index contributed by atoms with van der Waals surface area (Å²) in [6.07, 6.45) is 1.07. The Morgan fingerprint density at radius 3 is 2.58 bits per heavy atom. The number of rotatable bonds is 7. The van der Waals surface area contributed by atoms with E-state index in [4.69, 9.17) is 9.47 Å². The summed E-state index contributed by atoms with van der Waals surface area (Å²) in [6, 6.07) is 7.30. The van der Waals surface area contributed by atoms with Gasteiger partial charge < -0.3 is 14.8 Å². The fourth-order valence-electron chi connectivity index (χ4n) is 2.73. The lowest BCUT2D eigenvalue weighted by atomic mass is 10.2. The number of methoxy groups -OCH3 is 2. The molecule has 1 heterocycles. The fraction of sp³-hybridized carbons (Fsp3) is 0.200. The van der Waals surface area contributed by atoms with Crippen LogP contribution in [0.5, 0.6) is 11.5 Å². The summed E-state index contributed by atoms with van der Waals surface area (Å²) in [5, 5.41) is 8.53. The molecule has 0 fully saturated rings. The summed E-state index contributed by atoms with van der Waals surface area (Å²) < 4.78 is 37.6. The van der Waals surface area contributed by atoms with Gasteiger partial charge in [0.15, 0.2) is 11.5 Å². The van der Waals surface area contributed by atoms with Gasteiger partial charge in [-0.25, -0.2) is 19.2 Å². The molecule has 0 aromatic heterocycles. The highest BCUT2D eigenvalue weighted by Gasteiger charge is 2.29. The molecule has 2 aromatic rings. The summed E-state index contributed by atoms with van der Waals surface area (Å²) in [5.74, 6) is -2.02. The van der Waals surface area contributed by atoms with Crippen LogP contribution >= 0.6 is 0 Å². The quantitative estimate of drug-likeness (QED) is 0.457. The second-order valence-corrected chi connectivity index (χ2v) is 6.32. The van der Waals surface area contributed by atoms with Gasteiger partial charge in [0.25, 0.3) is 5.91 Å². The van der Waals surface area contributed by atoms with E-state index in [1.54, 1.807) is 18.2 Å². The first-order valence-corrected chi connectivity index (χ1v) is 9.05. The van der Waals surface area contributed by atoms with E-state index in [0.717, 1.165) is 12.1 Å². The lowest BCUT2D eigenvalue weighted by Crippen LogP contribution is -2.35. The van der Waals surface area contributed by atoms with Crippen molar-refractivity contribution in [2.75, 3.05) is 19.5 Å². The van der Waals surface area contributed by atoms with Crippen LogP contribution in [-0.2, 0) is 9.59 Å². The van der Waals surface area contributed by atoms with E-state index < -0.39 is 41.6 Å². The number of amides is 2. The normalized spacial score (nSPS) is 15.4. The van der Waals surface area contributed by atoms with Crippen LogP contribution in [0.4, 0.5) is 14.5 Å².